The number of aromatic nitrogens is 1. The molecule has 1 aromatic heterocycles. The number of aryl methyl sites for hydroxylation is 1. The highest BCUT2D eigenvalue weighted by molar-refractivity contribution is 5.21. The Hall–Kier alpha value is -0.930. The molecule has 2 rings (SSSR count). The van der Waals surface area contributed by atoms with Crippen LogP contribution in [0, 0.1) is 12.8 Å². The van der Waals surface area contributed by atoms with Gasteiger partial charge in [0.2, 0.25) is 0 Å². The van der Waals surface area contributed by atoms with Crippen molar-refractivity contribution in [3.05, 3.63) is 29.6 Å². The molecule has 0 saturated heterocycles. The quantitative estimate of drug-likeness (QED) is 0.838. The van der Waals surface area contributed by atoms with Crippen molar-refractivity contribution in [1.82, 2.24) is 10.3 Å². The van der Waals surface area contributed by atoms with Gasteiger partial charge in [-0.15, -0.1) is 0 Å². The van der Waals surface area contributed by atoms with Gasteiger partial charge < -0.3 is 10.4 Å². The Morgan fingerprint density at radius 2 is 2.24 bits per heavy atom. The first-order chi connectivity index (χ1) is 8.31. The van der Waals surface area contributed by atoms with Crippen LogP contribution in [0.4, 0.5) is 0 Å². The molecule has 2 unspecified atom stereocenters. The van der Waals surface area contributed by atoms with E-state index in [9.17, 15) is 5.11 Å². The Morgan fingerprint density at radius 3 is 3.00 bits per heavy atom. The monoisotopic (exact) mass is 234 g/mol. The van der Waals surface area contributed by atoms with Crippen molar-refractivity contribution in [3.63, 3.8) is 0 Å². The van der Waals surface area contributed by atoms with Gasteiger partial charge >= 0.3 is 0 Å². The summed E-state index contributed by atoms with van der Waals surface area (Å²) in [6.07, 6.45) is 8.63. The van der Waals surface area contributed by atoms with E-state index >= 15 is 0 Å². The van der Waals surface area contributed by atoms with Crippen LogP contribution in [0.2, 0.25) is 0 Å². The van der Waals surface area contributed by atoms with Gasteiger partial charge in [-0.1, -0.05) is 12.8 Å². The Labute approximate surface area is 103 Å². The molecular weight excluding hydrogens is 212 g/mol. The number of hydrogen-bond acceptors (Lipinski definition) is 3. The van der Waals surface area contributed by atoms with Gasteiger partial charge in [0, 0.05) is 31.6 Å². The fourth-order valence-electron chi connectivity index (χ4n) is 2.62. The van der Waals surface area contributed by atoms with Crippen LogP contribution in [0.1, 0.15) is 36.8 Å². The second-order valence-corrected chi connectivity index (χ2v) is 5.02. The van der Waals surface area contributed by atoms with Crippen molar-refractivity contribution in [3.8, 4) is 0 Å². The van der Waals surface area contributed by atoms with E-state index in [-0.39, 0.29) is 0 Å². The predicted octanol–water partition coefficient (Wildman–Crippen LogP) is 2.03. The first kappa shape index (κ1) is 12.5. The second-order valence-electron chi connectivity index (χ2n) is 5.02. The maximum absolute atomic E-state index is 9.36. The van der Waals surface area contributed by atoms with E-state index in [0.717, 1.165) is 13.0 Å². The smallest absolute Gasteiger partial charge is 0.0474 e. The molecule has 1 heterocycles. The third-order valence-corrected chi connectivity index (χ3v) is 3.85. The maximum atomic E-state index is 9.36. The van der Waals surface area contributed by atoms with E-state index in [1.165, 1.54) is 30.4 Å². The van der Waals surface area contributed by atoms with Gasteiger partial charge in [-0.25, -0.2) is 0 Å². The van der Waals surface area contributed by atoms with Crippen LogP contribution in [0.15, 0.2) is 18.5 Å². The average molecular weight is 234 g/mol. The third kappa shape index (κ3) is 3.27. The topological polar surface area (TPSA) is 45.2 Å². The van der Waals surface area contributed by atoms with Crippen LogP contribution in [0.5, 0.6) is 0 Å². The minimum absolute atomic E-state index is 0.309. The highest BCUT2D eigenvalue weighted by Gasteiger charge is 2.23. The largest absolute Gasteiger partial charge is 0.396 e. The molecule has 1 fully saturated rings. The summed E-state index contributed by atoms with van der Waals surface area (Å²) in [5.41, 5.74) is 2.54. The molecule has 2 N–H and O–H groups in total. The lowest BCUT2D eigenvalue weighted by Crippen LogP contribution is -2.39. The predicted molar refractivity (Wildman–Crippen MR) is 68.6 cm³/mol. The highest BCUT2D eigenvalue weighted by atomic mass is 16.3. The van der Waals surface area contributed by atoms with E-state index in [4.69, 9.17) is 0 Å². The van der Waals surface area contributed by atoms with E-state index < -0.39 is 0 Å². The summed E-state index contributed by atoms with van der Waals surface area (Å²) in [6.45, 7) is 3.29. The molecule has 0 spiro atoms. The normalized spacial score (nSPS) is 24.8. The Balaban J connectivity index is 1.90. The van der Waals surface area contributed by atoms with Crippen molar-refractivity contribution in [2.45, 2.75) is 45.2 Å². The molecule has 0 aromatic carbocycles. The molecule has 0 radical (unpaired) electrons. The van der Waals surface area contributed by atoms with Gasteiger partial charge in [-0.3, -0.25) is 4.98 Å². The van der Waals surface area contributed by atoms with Gasteiger partial charge in [-0.05, 0) is 42.9 Å². The van der Waals surface area contributed by atoms with Crippen molar-refractivity contribution < 1.29 is 5.11 Å². The van der Waals surface area contributed by atoms with Crippen molar-refractivity contribution in [2.24, 2.45) is 5.92 Å². The fourth-order valence-corrected chi connectivity index (χ4v) is 2.62. The van der Waals surface area contributed by atoms with Crippen LogP contribution in [0.3, 0.4) is 0 Å². The number of aliphatic hydroxyl groups is 1. The van der Waals surface area contributed by atoms with Gasteiger partial charge in [-0.2, -0.15) is 0 Å². The average Bonchev–Trinajstić information content (AvgIpc) is 2.38. The summed E-state index contributed by atoms with van der Waals surface area (Å²) in [6, 6.07) is 2.51. The summed E-state index contributed by atoms with van der Waals surface area (Å²) in [5.74, 6) is 0.431. The first-order valence-electron chi connectivity index (χ1n) is 6.55. The molecule has 1 aliphatic rings. The van der Waals surface area contributed by atoms with E-state index in [1.54, 1.807) is 0 Å². The van der Waals surface area contributed by atoms with Crippen LogP contribution in [-0.4, -0.2) is 22.7 Å². The number of nitrogens with one attached hydrogen (secondary N) is 1. The minimum Gasteiger partial charge on any atom is -0.396 e. The second kappa shape index (κ2) is 6.12. The molecule has 94 valence electrons. The molecule has 0 bridgehead atoms. The maximum Gasteiger partial charge on any atom is 0.0474 e. The molecule has 3 nitrogen and oxygen atoms in total. The third-order valence-electron chi connectivity index (χ3n) is 3.85. The van der Waals surface area contributed by atoms with E-state index in [2.05, 4.69) is 17.2 Å². The van der Waals surface area contributed by atoms with Crippen LogP contribution in [-0.2, 0) is 6.54 Å². The fraction of sp³-hybridized carbons (Fsp3) is 0.643. The minimum atomic E-state index is 0.309. The number of nitrogens with zero attached hydrogens (tertiary/aromatic N) is 1. The first-order valence-corrected chi connectivity index (χ1v) is 6.55. The Morgan fingerprint density at radius 1 is 1.41 bits per heavy atom. The zero-order valence-electron chi connectivity index (χ0n) is 10.5. The van der Waals surface area contributed by atoms with Crippen LogP contribution in [0.25, 0.3) is 0 Å². The standard InChI is InChI=1S/C14H22N2O/c1-11-6-7-15-8-13(11)9-16-14-5-3-2-4-12(14)10-17/h6-8,12,14,16-17H,2-5,9-10H2,1H3. The molecule has 1 aromatic rings. The lowest BCUT2D eigenvalue weighted by atomic mass is 9.85. The molecule has 1 aliphatic carbocycles. The van der Waals surface area contributed by atoms with E-state index in [1.807, 2.05) is 18.5 Å². The SMILES string of the molecule is Cc1ccncc1CNC1CCCCC1CO. The number of aliphatic hydroxyl groups excluding tert-OH is 1. The summed E-state index contributed by atoms with van der Waals surface area (Å²) in [4.78, 5) is 4.16. The lowest BCUT2D eigenvalue weighted by molar-refractivity contribution is 0.152. The van der Waals surface area contributed by atoms with Crippen LogP contribution < -0.4 is 5.32 Å². The Bertz CT molecular complexity index is 354. The highest BCUT2D eigenvalue weighted by Crippen LogP contribution is 2.24. The van der Waals surface area contributed by atoms with Crippen LogP contribution >= 0.6 is 0 Å². The zero-order valence-corrected chi connectivity index (χ0v) is 10.5. The van der Waals surface area contributed by atoms with Gasteiger partial charge in [0.05, 0.1) is 0 Å². The van der Waals surface area contributed by atoms with Crippen molar-refractivity contribution in [1.29, 1.82) is 0 Å². The molecule has 0 aliphatic heterocycles. The zero-order chi connectivity index (χ0) is 12.1. The summed E-state index contributed by atoms with van der Waals surface area (Å²) >= 11 is 0. The van der Waals surface area contributed by atoms with Crippen molar-refractivity contribution >= 4 is 0 Å². The van der Waals surface area contributed by atoms with Gasteiger partial charge in [0.1, 0.15) is 0 Å². The number of hydrogen-bond donors (Lipinski definition) is 2. The molecule has 3 heteroatoms. The summed E-state index contributed by atoms with van der Waals surface area (Å²) < 4.78 is 0. The van der Waals surface area contributed by atoms with E-state index in [0.29, 0.717) is 18.6 Å². The Kier molecular flexibility index (Phi) is 4.51. The molecular formula is C14H22N2O. The molecule has 0 amide bonds. The van der Waals surface area contributed by atoms with Gasteiger partial charge in [0.25, 0.3) is 0 Å². The summed E-state index contributed by atoms with van der Waals surface area (Å²) in [7, 11) is 0. The number of pyridine rings is 1. The lowest BCUT2D eigenvalue weighted by Gasteiger charge is -2.31. The molecule has 2 atom stereocenters. The summed E-state index contributed by atoms with van der Waals surface area (Å²) in [5, 5.41) is 12.9. The molecule has 17 heavy (non-hydrogen) atoms. The van der Waals surface area contributed by atoms with Gasteiger partial charge in [0.15, 0.2) is 0 Å². The van der Waals surface area contributed by atoms with Crippen molar-refractivity contribution in [2.75, 3.05) is 6.61 Å². The molecule has 1 saturated carbocycles. The number of rotatable bonds is 4.